The SMILES string of the molecule is COc1ccc(CN(c2nn(C)c3c(-n4c([C@@H](Cc5cc(F)cc(F)c5)C(C(N)=O)n5nc(C(F)F)c6c5C(F)(F)[C@@H]5C[C@H]65)nc5nc(Cl)ccc5c4=O)ccc(Cl)c23)S(C)(=O)=O)cc1. The first-order valence-corrected chi connectivity index (χ1v) is 22.2. The molecule has 4 atom stereocenters. The fourth-order valence-corrected chi connectivity index (χ4v) is 10.1. The molecule has 1 saturated carbocycles. The highest BCUT2D eigenvalue weighted by Gasteiger charge is 2.68. The van der Waals surface area contributed by atoms with Crippen LogP contribution < -0.4 is 20.3 Å². The number of anilines is 1. The van der Waals surface area contributed by atoms with E-state index in [2.05, 4.69) is 20.2 Å². The number of aryl methyl sites for hydroxylation is 1. The second-order valence-corrected chi connectivity index (χ2v) is 18.6. The molecule has 338 valence electrons. The lowest BCUT2D eigenvalue weighted by Crippen LogP contribution is -2.39. The summed E-state index contributed by atoms with van der Waals surface area (Å²) in [5, 5.41) is 8.08. The summed E-state index contributed by atoms with van der Waals surface area (Å²) in [4.78, 5) is 37.9. The molecule has 2 aliphatic rings. The number of nitrogens with two attached hydrogens (primary N) is 1. The fraction of sp³-hybridized carbons (Fsp3) is 0.286. The number of methoxy groups -OCH3 is 1. The van der Waals surface area contributed by atoms with Gasteiger partial charge in [-0.25, -0.2) is 44.9 Å². The average molecular weight is 961 g/mol. The Morgan fingerprint density at radius 1 is 1.00 bits per heavy atom. The van der Waals surface area contributed by atoms with Gasteiger partial charge in [-0.3, -0.25) is 18.8 Å². The smallest absolute Gasteiger partial charge is 0.293 e. The number of carbonyl (C=O) groups excluding carboxylic acids is 1. The van der Waals surface area contributed by atoms with Crippen molar-refractivity contribution in [3.63, 3.8) is 0 Å². The number of carbonyl (C=O) groups is 1. The molecule has 1 fully saturated rings. The van der Waals surface area contributed by atoms with Crippen LogP contribution in [0, 0.1) is 17.6 Å². The number of hydrogen-bond donors (Lipinski definition) is 1. The van der Waals surface area contributed by atoms with E-state index in [0.29, 0.717) is 22.1 Å². The highest BCUT2D eigenvalue weighted by Crippen LogP contribution is 2.68. The van der Waals surface area contributed by atoms with E-state index in [9.17, 15) is 30.8 Å². The van der Waals surface area contributed by atoms with E-state index in [1.807, 2.05) is 0 Å². The van der Waals surface area contributed by atoms with Gasteiger partial charge in [0.05, 0.1) is 52.8 Å². The zero-order chi connectivity index (χ0) is 46.6. The predicted octanol–water partition coefficient (Wildman–Crippen LogP) is 7.62. The number of pyridine rings is 1. The van der Waals surface area contributed by atoms with Crippen molar-refractivity contribution in [2.75, 3.05) is 17.7 Å². The van der Waals surface area contributed by atoms with E-state index < -0.39 is 98.5 Å². The summed E-state index contributed by atoms with van der Waals surface area (Å²) in [5.74, 6) is -11.7. The van der Waals surface area contributed by atoms with Gasteiger partial charge in [-0.05, 0) is 78.4 Å². The van der Waals surface area contributed by atoms with E-state index in [0.717, 1.165) is 27.3 Å². The van der Waals surface area contributed by atoms with Crippen molar-refractivity contribution in [2.45, 2.75) is 49.6 Å². The average Bonchev–Trinajstić information content (AvgIpc) is 3.74. The molecule has 0 radical (unpaired) electrons. The van der Waals surface area contributed by atoms with Gasteiger partial charge >= 0.3 is 0 Å². The minimum atomic E-state index is -4.15. The van der Waals surface area contributed by atoms with Gasteiger partial charge in [-0.15, -0.1) is 0 Å². The molecule has 65 heavy (non-hydrogen) atoms. The number of nitrogens with zero attached hydrogens (tertiary/aromatic N) is 8. The molecule has 3 aromatic carbocycles. The van der Waals surface area contributed by atoms with E-state index in [1.54, 1.807) is 24.3 Å². The molecular weight excluding hydrogens is 927 g/mol. The summed E-state index contributed by atoms with van der Waals surface area (Å²) in [6.45, 7) is -0.252. The normalized spacial score (nSPS) is 17.4. The zero-order valence-electron chi connectivity index (χ0n) is 34.0. The molecule has 0 saturated heterocycles. The van der Waals surface area contributed by atoms with Gasteiger partial charge in [-0.2, -0.15) is 19.0 Å². The molecule has 2 aliphatic carbocycles. The first kappa shape index (κ1) is 44.0. The van der Waals surface area contributed by atoms with Gasteiger partial charge in [0.15, 0.2) is 11.5 Å². The summed E-state index contributed by atoms with van der Waals surface area (Å²) < 4.78 is 128. The van der Waals surface area contributed by atoms with Crippen molar-refractivity contribution < 1.29 is 44.3 Å². The van der Waals surface area contributed by atoms with Gasteiger partial charge in [-0.1, -0.05) is 35.3 Å². The van der Waals surface area contributed by atoms with Crippen LogP contribution in [0.25, 0.3) is 27.6 Å². The highest BCUT2D eigenvalue weighted by molar-refractivity contribution is 7.92. The highest BCUT2D eigenvalue weighted by atomic mass is 35.5. The number of rotatable bonds is 13. The Bertz CT molecular complexity index is 3270. The number of benzene rings is 3. The summed E-state index contributed by atoms with van der Waals surface area (Å²) in [5.41, 5.74) is 2.54. The second kappa shape index (κ2) is 15.8. The minimum absolute atomic E-state index is 0.0000620. The maximum Gasteiger partial charge on any atom is 0.293 e. The third-order valence-electron chi connectivity index (χ3n) is 11.8. The Hall–Kier alpha value is -6.19. The van der Waals surface area contributed by atoms with Gasteiger partial charge in [0.25, 0.3) is 17.9 Å². The van der Waals surface area contributed by atoms with Gasteiger partial charge < -0.3 is 10.5 Å². The molecule has 4 heterocycles. The van der Waals surface area contributed by atoms with Crippen LogP contribution in [0.5, 0.6) is 5.75 Å². The number of halogens is 8. The molecule has 4 aromatic heterocycles. The van der Waals surface area contributed by atoms with E-state index in [4.69, 9.17) is 33.7 Å². The molecule has 0 aliphatic heterocycles. The first-order chi connectivity index (χ1) is 30.7. The van der Waals surface area contributed by atoms with Crippen molar-refractivity contribution in [2.24, 2.45) is 18.7 Å². The number of ether oxygens (including phenoxy) is 1. The van der Waals surface area contributed by atoms with Crippen LogP contribution in [0.3, 0.4) is 0 Å². The topological polar surface area (TPSA) is 173 Å². The molecule has 7 aromatic rings. The van der Waals surface area contributed by atoms with Crippen molar-refractivity contribution in [1.29, 1.82) is 0 Å². The molecule has 2 N–H and O–H groups in total. The third kappa shape index (κ3) is 7.42. The van der Waals surface area contributed by atoms with E-state index in [-0.39, 0.29) is 62.1 Å². The Morgan fingerprint density at radius 3 is 2.32 bits per heavy atom. The minimum Gasteiger partial charge on any atom is -0.497 e. The van der Waals surface area contributed by atoms with Crippen LogP contribution >= 0.6 is 23.2 Å². The molecule has 1 amide bonds. The number of alkyl halides is 4. The van der Waals surface area contributed by atoms with E-state index in [1.165, 1.54) is 43.1 Å². The Kier molecular flexibility index (Phi) is 10.7. The standard InChI is InChI=1S/C42H33Cl2F6N9O5S/c1-56-34-28(10-9-27(43)31(34)40(55-56)57(65(3,62)63)17-18-4-6-22(64-2)7-5-18)58-39(53-38-23(41(58)61)8-11-29(44)52-38)25(14-19-12-20(45)15-21(46)13-19)33(37(51)60)59-35-30(32(54-59)36(47)48)24-16-26(24)42(35,49)50/h4-13,15,24-26,33,36H,14,16-17H2,1-3H3,(H2,51,60)/t24-,25-,26+,33?/m0/s1. The number of aromatic nitrogens is 7. The Morgan fingerprint density at radius 2 is 1.69 bits per heavy atom. The molecule has 9 rings (SSSR count). The molecular formula is C42H33Cl2F6N9O5S. The molecule has 1 unspecified atom stereocenters. The van der Waals surface area contributed by atoms with Crippen LogP contribution in [0.15, 0.2) is 71.5 Å². The second-order valence-electron chi connectivity index (χ2n) is 15.9. The predicted molar refractivity (Wildman–Crippen MR) is 226 cm³/mol. The summed E-state index contributed by atoms with van der Waals surface area (Å²) in [7, 11) is -1.26. The number of primary amides is 1. The monoisotopic (exact) mass is 959 g/mol. The molecule has 14 nitrogen and oxygen atoms in total. The maximum absolute atomic E-state index is 16.2. The van der Waals surface area contributed by atoms with E-state index >= 15 is 13.6 Å². The van der Waals surface area contributed by atoms with Crippen LogP contribution in [0.4, 0.5) is 32.2 Å². The van der Waals surface area contributed by atoms with Gasteiger partial charge in [0, 0.05) is 24.6 Å². The number of hydrogen-bond acceptors (Lipinski definition) is 9. The van der Waals surface area contributed by atoms with Gasteiger partial charge in [0.2, 0.25) is 15.9 Å². The Balaban J connectivity index is 1.35. The fourth-order valence-electron chi connectivity index (χ4n) is 8.91. The summed E-state index contributed by atoms with van der Waals surface area (Å²) in [6, 6.07) is 11.9. The first-order valence-electron chi connectivity index (χ1n) is 19.6. The van der Waals surface area contributed by atoms with Crippen molar-refractivity contribution >= 4 is 66.9 Å². The third-order valence-corrected chi connectivity index (χ3v) is 13.4. The van der Waals surface area contributed by atoms with Crippen molar-refractivity contribution in [1.82, 2.24) is 34.1 Å². The summed E-state index contributed by atoms with van der Waals surface area (Å²) in [6.07, 6.45) is -3.24. The number of amides is 1. The van der Waals surface area contributed by atoms with Crippen LogP contribution in [0.2, 0.25) is 10.2 Å². The van der Waals surface area contributed by atoms with Crippen LogP contribution in [-0.4, -0.2) is 61.8 Å². The lowest BCUT2D eigenvalue weighted by Gasteiger charge is -2.30. The Labute approximate surface area is 374 Å². The summed E-state index contributed by atoms with van der Waals surface area (Å²) >= 11 is 13.1. The van der Waals surface area contributed by atoms with Gasteiger partial charge in [0.1, 0.15) is 45.8 Å². The lowest BCUT2D eigenvalue weighted by molar-refractivity contribution is -0.122. The quantitative estimate of drug-likeness (QED) is 0.0901. The molecule has 23 heteroatoms. The van der Waals surface area contributed by atoms with Crippen LogP contribution in [0.1, 0.15) is 64.6 Å². The zero-order valence-corrected chi connectivity index (χ0v) is 36.3. The number of fused-ring (bicyclic) bond motifs is 5. The van der Waals surface area contributed by atoms with Crippen LogP contribution in [-0.2, 0) is 40.8 Å². The lowest BCUT2D eigenvalue weighted by atomic mass is 9.89. The number of sulfonamides is 1. The van der Waals surface area contributed by atoms with Crippen molar-refractivity contribution in [3.8, 4) is 11.4 Å². The molecule has 0 spiro atoms. The molecule has 0 bridgehead atoms. The largest absolute Gasteiger partial charge is 0.497 e. The maximum atomic E-state index is 16.2. The van der Waals surface area contributed by atoms with Crippen molar-refractivity contribution in [3.05, 3.63) is 133 Å².